The van der Waals surface area contributed by atoms with Crippen molar-refractivity contribution in [2.75, 3.05) is 33.3 Å². The highest BCUT2D eigenvalue weighted by atomic mass is 79.9. The van der Waals surface area contributed by atoms with Gasteiger partial charge in [0.1, 0.15) is 5.75 Å². The van der Waals surface area contributed by atoms with Crippen LogP contribution in [-0.4, -0.2) is 54.9 Å². The van der Waals surface area contributed by atoms with E-state index in [1.165, 1.54) is 5.56 Å². The van der Waals surface area contributed by atoms with Gasteiger partial charge in [-0.3, -0.25) is 9.59 Å². The third-order valence-corrected chi connectivity index (χ3v) is 5.71. The predicted octanol–water partition coefficient (Wildman–Crippen LogP) is 3.77. The van der Waals surface area contributed by atoms with Gasteiger partial charge >= 0.3 is 0 Å². The van der Waals surface area contributed by atoms with E-state index in [-0.39, 0.29) is 11.8 Å². The largest absolute Gasteiger partial charge is 0.497 e. The van der Waals surface area contributed by atoms with Crippen LogP contribution >= 0.6 is 15.9 Å². The molecule has 1 heterocycles. The Hall–Kier alpha value is -2.34. The van der Waals surface area contributed by atoms with Crippen molar-refractivity contribution in [3.8, 4) is 5.75 Å². The van der Waals surface area contributed by atoms with Gasteiger partial charge in [-0.05, 0) is 52.5 Å². The molecule has 6 heteroatoms. The van der Waals surface area contributed by atoms with Gasteiger partial charge in [0.25, 0.3) is 5.91 Å². The molecule has 0 atom stereocenters. The van der Waals surface area contributed by atoms with Gasteiger partial charge in [0.15, 0.2) is 0 Å². The fourth-order valence-corrected chi connectivity index (χ4v) is 3.79. The highest BCUT2D eigenvalue weighted by Crippen LogP contribution is 2.24. The lowest BCUT2D eigenvalue weighted by Crippen LogP contribution is -2.50. The monoisotopic (exact) mass is 444 g/mol. The van der Waals surface area contributed by atoms with Crippen LogP contribution in [0.15, 0.2) is 53.0 Å². The molecular formula is C22H25BrN2O3. The summed E-state index contributed by atoms with van der Waals surface area (Å²) in [6.07, 6.45) is 2.30. The number of aryl methyl sites for hydroxylation is 1. The summed E-state index contributed by atoms with van der Waals surface area (Å²) in [6, 6.07) is 15.6. The summed E-state index contributed by atoms with van der Waals surface area (Å²) in [5.74, 6) is 0.784. The third-order valence-electron chi connectivity index (χ3n) is 5.02. The van der Waals surface area contributed by atoms with E-state index in [1.54, 1.807) is 18.1 Å². The summed E-state index contributed by atoms with van der Waals surface area (Å²) in [6.45, 7) is 2.26. The Balaban J connectivity index is 1.48. The number of amides is 2. The zero-order valence-corrected chi connectivity index (χ0v) is 17.7. The minimum absolute atomic E-state index is 0.0399. The van der Waals surface area contributed by atoms with E-state index in [9.17, 15) is 9.59 Å². The molecule has 5 nitrogen and oxygen atoms in total. The number of ether oxygens (including phenoxy) is 1. The van der Waals surface area contributed by atoms with Crippen molar-refractivity contribution >= 4 is 27.7 Å². The molecule has 3 rings (SSSR count). The topological polar surface area (TPSA) is 49.9 Å². The Labute approximate surface area is 174 Å². The molecule has 0 unspecified atom stereocenters. The molecular weight excluding hydrogens is 420 g/mol. The summed E-state index contributed by atoms with van der Waals surface area (Å²) in [5.41, 5.74) is 1.84. The van der Waals surface area contributed by atoms with Crippen LogP contribution in [0.5, 0.6) is 5.75 Å². The summed E-state index contributed by atoms with van der Waals surface area (Å²) >= 11 is 3.44. The molecule has 0 aromatic heterocycles. The molecule has 0 bridgehead atoms. The first-order valence-electron chi connectivity index (χ1n) is 9.53. The molecule has 2 amide bonds. The number of hydrogen-bond acceptors (Lipinski definition) is 3. The van der Waals surface area contributed by atoms with Gasteiger partial charge in [0.05, 0.1) is 12.7 Å². The standard InChI is InChI=1S/C22H25BrN2O3/c1-28-18-10-11-20(23)19(16-18)22(27)25-14-12-24(13-15-25)21(26)9-5-8-17-6-3-2-4-7-17/h2-4,6-7,10-11,16H,5,8-9,12-15H2,1H3. The van der Waals surface area contributed by atoms with Crippen LogP contribution < -0.4 is 4.74 Å². The molecule has 28 heavy (non-hydrogen) atoms. The second-order valence-electron chi connectivity index (χ2n) is 6.86. The molecule has 1 aliphatic heterocycles. The van der Waals surface area contributed by atoms with Gasteiger partial charge < -0.3 is 14.5 Å². The maximum Gasteiger partial charge on any atom is 0.255 e. The van der Waals surface area contributed by atoms with Gasteiger partial charge in [0.2, 0.25) is 5.91 Å². The maximum atomic E-state index is 12.8. The Morgan fingerprint density at radius 3 is 2.36 bits per heavy atom. The molecule has 2 aromatic carbocycles. The van der Waals surface area contributed by atoms with Crippen molar-refractivity contribution in [2.24, 2.45) is 0 Å². The third kappa shape index (κ3) is 5.13. The van der Waals surface area contributed by atoms with E-state index in [1.807, 2.05) is 35.2 Å². The molecule has 0 spiro atoms. The summed E-state index contributed by atoms with van der Waals surface area (Å²) < 4.78 is 5.97. The second-order valence-corrected chi connectivity index (χ2v) is 7.71. The van der Waals surface area contributed by atoms with Crippen molar-refractivity contribution < 1.29 is 14.3 Å². The Bertz CT molecular complexity index is 818. The van der Waals surface area contributed by atoms with Gasteiger partial charge in [-0.2, -0.15) is 0 Å². The number of piperazine rings is 1. The molecule has 2 aromatic rings. The van der Waals surface area contributed by atoms with Crippen molar-refractivity contribution in [1.29, 1.82) is 0 Å². The molecule has 0 N–H and O–H groups in total. The van der Waals surface area contributed by atoms with Crippen molar-refractivity contribution in [3.63, 3.8) is 0 Å². The number of carbonyl (C=O) groups excluding carboxylic acids is 2. The lowest BCUT2D eigenvalue weighted by Gasteiger charge is -2.35. The van der Waals surface area contributed by atoms with E-state index in [4.69, 9.17) is 4.74 Å². The highest BCUT2D eigenvalue weighted by molar-refractivity contribution is 9.10. The zero-order chi connectivity index (χ0) is 19.9. The van der Waals surface area contributed by atoms with Gasteiger partial charge in [-0.15, -0.1) is 0 Å². The number of carbonyl (C=O) groups is 2. The lowest BCUT2D eigenvalue weighted by atomic mass is 10.1. The number of halogens is 1. The van der Waals surface area contributed by atoms with Crippen LogP contribution in [-0.2, 0) is 11.2 Å². The average molecular weight is 445 g/mol. The Kier molecular flexibility index (Phi) is 7.09. The highest BCUT2D eigenvalue weighted by Gasteiger charge is 2.25. The van der Waals surface area contributed by atoms with Crippen LogP contribution in [0.2, 0.25) is 0 Å². The Morgan fingerprint density at radius 2 is 1.68 bits per heavy atom. The summed E-state index contributed by atoms with van der Waals surface area (Å²) in [4.78, 5) is 29.0. The zero-order valence-electron chi connectivity index (χ0n) is 16.1. The van der Waals surface area contributed by atoms with Gasteiger partial charge in [-0.25, -0.2) is 0 Å². The molecule has 0 aliphatic carbocycles. The SMILES string of the molecule is COc1ccc(Br)c(C(=O)N2CCN(C(=O)CCCc3ccccc3)CC2)c1. The van der Waals surface area contributed by atoms with Gasteiger partial charge in [-0.1, -0.05) is 30.3 Å². The minimum atomic E-state index is -0.0399. The minimum Gasteiger partial charge on any atom is -0.497 e. The van der Waals surface area contributed by atoms with E-state index < -0.39 is 0 Å². The fraction of sp³-hybridized carbons (Fsp3) is 0.364. The molecule has 1 saturated heterocycles. The van der Waals surface area contributed by atoms with Crippen LogP contribution in [0.3, 0.4) is 0 Å². The van der Waals surface area contributed by atoms with E-state index in [2.05, 4.69) is 28.1 Å². The Morgan fingerprint density at radius 1 is 1.00 bits per heavy atom. The fourth-order valence-electron chi connectivity index (χ4n) is 3.37. The smallest absolute Gasteiger partial charge is 0.255 e. The molecule has 0 radical (unpaired) electrons. The number of rotatable bonds is 6. The van der Waals surface area contributed by atoms with Crippen molar-refractivity contribution in [2.45, 2.75) is 19.3 Å². The van der Waals surface area contributed by atoms with Crippen LogP contribution in [0, 0.1) is 0 Å². The molecule has 1 aliphatic rings. The van der Waals surface area contributed by atoms with E-state index in [0.29, 0.717) is 43.9 Å². The molecule has 148 valence electrons. The van der Waals surface area contributed by atoms with Gasteiger partial charge in [0, 0.05) is 37.1 Å². The van der Waals surface area contributed by atoms with Crippen LogP contribution in [0.25, 0.3) is 0 Å². The summed E-state index contributed by atoms with van der Waals surface area (Å²) in [7, 11) is 1.58. The molecule has 0 saturated carbocycles. The van der Waals surface area contributed by atoms with Crippen LogP contribution in [0.1, 0.15) is 28.8 Å². The normalized spacial score (nSPS) is 14.1. The lowest BCUT2D eigenvalue weighted by molar-refractivity contribution is -0.132. The second kappa shape index (κ2) is 9.73. The quantitative estimate of drug-likeness (QED) is 0.681. The molecule has 1 fully saturated rings. The van der Waals surface area contributed by atoms with Crippen molar-refractivity contribution in [1.82, 2.24) is 9.80 Å². The van der Waals surface area contributed by atoms with E-state index in [0.717, 1.165) is 17.3 Å². The first-order chi connectivity index (χ1) is 13.6. The number of methoxy groups -OCH3 is 1. The average Bonchev–Trinajstić information content (AvgIpc) is 2.74. The predicted molar refractivity (Wildman–Crippen MR) is 113 cm³/mol. The van der Waals surface area contributed by atoms with E-state index >= 15 is 0 Å². The number of nitrogens with zero attached hydrogens (tertiary/aromatic N) is 2. The number of hydrogen-bond donors (Lipinski definition) is 0. The van der Waals surface area contributed by atoms with Crippen molar-refractivity contribution in [3.05, 3.63) is 64.1 Å². The summed E-state index contributed by atoms with van der Waals surface area (Å²) in [5, 5.41) is 0. The first kappa shape index (κ1) is 20.4. The maximum absolute atomic E-state index is 12.8. The van der Waals surface area contributed by atoms with Crippen LogP contribution in [0.4, 0.5) is 0 Å². The first-order valence-corrected chi connectivity index (χ1v) is 10.3. The number of benzene rings is 2.